The van der Waals surface area contributed by atoms with Crippen LogP contribution in [0, 0.1) is 5.41 Å². The van der Waals surface area contributed by atoms with Crippen LogP contribution in [0.3, 0.4) is 0 Å². The Morgan fingerprint density at radius 3 is 2.62 bits per heavy atom. The predicted octanol–water partition coefficient (Wildman–Crippen LogP) is 2.14. The Bertz CT molecular complexity index is 950. The molecule has 1 aromatic heterocycles. The van der Waals surface area contributed by atoms with Gasteiger partial charge in [0.1, 0.15) is 0 Å². The summed E-state index contributed by atoms with van der Waals surface area (Å²) in [6.07, 6.45) is 3.13. The summed E-state index contributed by atoms with van der Waals surface area (Å²) >= 11 is 4.55. The van der Waals surface area contributed by atoms with Gasteiger partial charge in [-0.2, -0.15) is 0 Å². The van der Waals surface area contributed by atoms with Gasteiger partial charge in [-0.05, 0) is 23.8 Å². The molecule has 0 bridgehead atoms. The molecule has 0 saturated carbocycles. The minimum atomic E-state index is -0.502. The van der Waals surface area contributed by atoms with E-state index in [1.54, 1.807) is 12.1 Å². The topological polar surface area (TPSA) is 79.4 Å². The van der Waals surface area contributed by atoms with Crippen LogP contribution in [0.5, 0.6) is 11.5 Å². The van der Waals surface area contributed by atoms with Gasteiger partial charge in [-0.1, -0.05) is 36.7 Å². The van der Waals surface area contributed by atoms with Gasteiger partial charge < -0.3 is 14.8 Å². The van der Waals surface area contributed by atoms with Crippen molar-refractivity contribution in [2.75, 3.05) is 7.11 Å². The number of rotatable bonds is 3. The van der Waals surface area contributed by atoms with Gasteiger partial charge in [-0.3, -0.25) is 9.59 Å². The number of thiazole rings is 1. The van der Waals surface area contributed by atoms with Crippen LogP contribution in [-0.2, 0) is 4.79 Å². The number of ether oxygens (including phenoxy) is 1. The van der Waals surface area contributed by atoms with E-state index in [1.165, 1.54) is 30.6 Å². The second kappa shape index (κ2) is 6.94. The highest BCUT2D eigenvalue weighted by atomic mass is 79.9. The van der Waals surface area contributed by atoms with Crippen LogP contribution in [0.2, 0.25) is 0 Å². The second-order valence-corrected chi connectivity index (χ2v) is 8.17. The Balaban J connectivity index is 2.56. The third-order valence-corrected chi connectivity index (χ3v) is 4.92. The number of Topliss-reactive ketones (excluding diaryl/α,β-unsaturated/α-hetero) is 1. The molecule has 0 fully saturated rings. The van der Waals surface area contributed by atoms with E-state index >= 15 is 0 Å². The zero-order valence-corrected chi connectivity index (χ0v) is 16.2. The fraction of sp³-hybridized carbons (Fsp3) is 0.294. The van der Waals surface area contributed by atoms with Crippen molar-refractivity contribution in [1.82, 2.24) is 4.98 Å². The Hall–Kier alpha value is -1.86. The fourth-order valence-electron chi connectivity index (χ4n) is 1.83. The quantitative estimate of drug-likeness (QED) is 0.810. The highest BCUT2D eigenvalue weighted by Gasteiger charge is 2.18. The average molecular weight is 412 g/mol. The number of phenols is 1. The summed E-state index contributed by atoms with van der Waals surface area (Å²) in [6, 6.07) is 3.13. The number of aromatic amines is 1. The van der Waals surface area contributed by atoms with Crippen molar-refractivity contribution in [2.45, 2.75) is 20.8 Å². The zero-order valence-electron chi connectivity index (χ0n) is 13.8. The standard InChI is InChI=1S/C17H18BrNO4S/c1-17(2,3)14(21)8-15-19-16(22)13(24-15)6-9-5-12(23-4)11(20)7-10(9)18/h5-8,20H,1-4H3,(H,19,22). The SMILES string of the molecule is COc1cc(C=c2sc(=CC(=O)C(C)(C)C)[nH]c2=O)c(Br)cc1O. The molecule has 0 aliphatic heterocycles. The maximum atomic E-state index is 12.1. The van der Waals surface area contributed by atoms with E-state index in [9.17, 15) is 14.7 Å². The van der Waals surface area contributed by atoms with Gasteiger partial charge in [0, 0.05) is 16.0 Å². The third kappa shape index (κ3) is 4.15. The lowest BCUT2D eigenvalue weighted by Crippen LogP contribution is -2.22. The molecular weight excluding hydrogens is 394 g/mol. The van der Waals surface area contributed by atoms with Crippen LogP contribution in [0.1, 0.15) is 26.3 Å². The number of hydrogen-bond donors (Lipinski definition) is 2. The van der Waals surface area contributed by atoms with E-state index in [0.29, 0.717) is 25.0 Å². The molecule has 24 heavy (non-hydrogen) atoms. The summed E-state index contributed by atoms with van der Waals surface area (Å²) < 4.78 is 6.67. The molecule has 0 spiro atoms. The minimum absolute atomic E-state index is 0.00594. The van der Waals surface area contributed by atoms with Gasteiger partial charge in [0.05, 0.1) is 16.3 Å². The number of phenolic OH excluding ortho intramolecular Hbond substituents is 1. The van der Waals surface area contributed by atoms with Crippen LogP contribution in [-0.4, -0.2) is 23.0 Å². The largest absolute Gasteiger partial charge is 0.504 e. The molecule has 0 saturated heterocycles. The molecular formula is C17H18BrNO4S. The molecule has 128 valence electrons. The predicted molar refractivity (Wildman–Crippen MR) is 99.0 cm³/mol. The average Bonchev–Trinajstić information content (AvgIpc) is 2.80. The van der Waals surface area contributed by atoms with E-state index in [4.69, 9.17) is 4.74 Å². The molecule has 2 aromatic rings. The van der Waals surface area contributed by atoms with Gasteiger partial charge in [0.15, 0.2) is 17.3 Å². The molecule has 0 aliphatic carbocycles. The number of carbonyl (C=O) groups is 1. The van der Waals surface area contributed by atoms with E-state index in [1.807, 2.05) is 20.8 Å². The molecule has 2 rings (SSSR count). The molecule has 7 heteroatoms. The van der Waals surface area contributed by atoms with Crippen LogP contribution in [0.25, 0.3) is 12.2 Å². The number of carbonyl (C=O) groups excluding carboxylic acids is 1. The number of methoxy groups -OCH3 is 1. The maximum absolute atomic E-state index is 12.1. The lowest BCUT2D eigenvalue weighted by molar-refractivity contribution is -0.119. The smallest absolute Gasteiger partial charge is 0.266 e. The van der Waals surface area contributed by atoms with Crippen LogP contribution in [0.4, 0.5) is 0 Å². The third-order valence-electron chi connectivity index (χ3n) is 3.27. The van der Waals surface area contributed by atoms with Gasteiger partial charge >= 0.3 is 0 Å². The van der Waals surface area contributed by atoms with Gasteiger partial charge in [-0.25, -0.2) is 0 Å². The van der Waals surface area contributed by atoms with E-state index in [2.05, 4.69) is 20.9 Å². The first-order valence-electron chi connectivity index (χ1n) is 7.15. The normalized spacial score (nSPS) is 13.4. The number of ketones is 1. The van der Waals surface area contributed by atoms with Crippen LogP contribution < -0.4 is 19.5 Å². The van der Waals surface area contributed by atoms with Gasteiger partial charge in [-0.15, -0.1) is 11.3 Å². The molecule has 0 atom stereocenters. The number of benzene rings is 1. The Kier molecular flexibility index (Phi) is 5.35. The first-order chi connectivity index (χ1) is 11.1. The summed E-state index contributed by atoms with van der Waals surface area (Å²) in [5, 5.41) is 9.74. The number of halogens is 1. The van der Waals surface area contributed by atoms with Gasteiger partial charge in [0.25, 0.3) is 5.56 Å². The van der Waals surface area contributed by atoms with E-state index in [-0.39, 0.29) is 17.1 Å². The van der Waals surface area contributed by atoms with Crippen molar-refractivity contribution < 1.29 is 14.6 Å². The molecule has 5 nitrogen and oxygen atoms in total. The van der Waals surface area contributed by atoms with Crippen LogP contribution >= 0.6 is 27.3 Å². The number of aromatic hydroxyl groups is 1. The Labute approximate surface area is 151 Å². The first kappa shape index (κ1) is 18.5. The number of nitrogens with one attached hydrogen (secondary N) is 1. The number of hydrogen-bond acceptors (Lipinski definition) is 5. The monoisotopic (exact) mass is 411 g/mol. The summed E-state index contributed by atoms with van der Waals surface area (Å²) in [6.45, 7) is 5.47. The summed E-state index contributed by atoms with van der Waals surface area (Å²) in [7, 11) is 1.45. The van der Waals surface area contributed by atoms with Crippen molar-refractivity contribution in [3.8, 4) is 11.5 Å². The molecule has 0 aliphatic rings. The molecule has 0 unspecified atom stereocenters. The zero-order chi connectivity index (χ0) is 18.1. The van der Waals surface area contributed by atoms with E-state index in [0.717, 1.165) is 0 Å². The maximum Gasteiger partial charge on any atom is 0.266 e. The highest BCUT2D eigenvalue weighted by molar-refractivity contribution is 9.10. The van der Waals surface area contributed by atoms with E-state index < -0.39 is 5.41 Å². The molecule has 1 aromatic carbocycles. The lowest BCUT2D eigenvalue weighted by Gasteiger charge is -2.12. The second-order valence-electron chi connectivity index (χ2n) is 6.23. The summed E-state index contributed by atoms with van der Waals surface area (Å²) in [5.41, 5.74) is -0.0874. The molecule has 0 radical (unpaired) electrons. The molecule has 1 heterocycles. The molecule has 2 N–H and O–H groups in total. The van der Waals surface area contributed by atoms with Crippen molar-refractivity contribution in [3.63, 3.8) is 0 Å². The minimum Gasteiger partial charge on any atom is -0.504 e. The van der Waals surface area contributed by atoms with Gasteiger partial charge in [0.2, 0.25) is 0 Å². The Morgan fingerprint density at radius 1 is 1.38 bits per heavy atom. The molecule has 0 amide bonds. The number of aromatic nitrogens is 1. The Morgan fingerprint density at radius 2 is 2.04 bits per heavy atom. The highest BCUT2D eigenvalue weighted by Crippen LogP contribution is 2.32. The summed E-state index contributed by atoms with van der Waals surface area (Å²) in [4.78, 5) is 26.8. The van der Waals surface area contributed by atoms with Crippen molar-refractivity contribution in [3.05, 3.63) is 41.7 Å². The number of H-pyrrole nitrogens is 1. The van der Waals surface area contributed by atoms with Crippen molar-refractivity contribution in [1.29, 1.82) is 0 Å². The van der Waals surface area contributed by atoms with Crippen molar-refractivity contribution in [2.24, 2.45) is 5.41 Å². The van der Waals surface area contributed by atoms with Crippen LogP contribution in [0.15, 0.2) is 21.4 Å². The van der Waals surface area contributed by atoms with Crippen molar-refractivity contribution >= 4 is 45.2 Å². The first-order valence-corrected chi connectivity index (χ1v) is 8.76. The fourth-order valence-corrected chi connectivity index (χ4v) is 3.16. The summed E-state index contributed by atoms with van der Waals surface area (Å²) in [5.74, 6) is 0.262. The lowest BCUT2D eigenvalue weighted by atomic mass is 9.91.